The van der Waals surface area contributed by atoms with Crippen molar-refractivity contribution < 1.29 is 24.3 Å². The van der Waals surface area contributed by atoms with Crippen LogP contribution < -0.4 is 6.15 Å². The predicted molar refractivity (Wildman–Crippen MR) is 16.0 cm³/mol. The van der Waals surface area contributed by atoms with Gasteiger partial charge in [-0.3, -0.25) is 0 Å². The summed E-state index contributed by atoms with van der Waals surface area (Å²) in [5.74, 6) is 0. The molecule has 6 heteroatoms. The van der Waals surface area contributed by atoms with Crippen molar-refractivity contribution in [2.24, 2.45) is 0 Å². The fourth-order valence-corrected chi connectivity index (χ4v) is 0.125. The Morgan fingerprint density at radius 2 is 2.29 bits per heavy atom. The van der Waals surface area contributed by atoms with Gasteiger partial charge in [0.25, 0.3) is 0 Å². The quantitative estimate of drug-likeness (QED) is 0.394. The molecule has 0 aromatic rings. The van der Waals surface area contributed by atoms with E-state index >= 15 is 0 Å². The van der Waals surface area contributed by atoms with Crippen molar-refractivity contribution in [3.63, 3.8) is 0 Å². The van der Waals surface area contributed by atoms with E-state index in [1.54, 1.807) is 0 Å². The van der Waals surface area contributed by atoms with E-state index in [1.807, 2.05) is 0 Å². The zero-order chi connectivity index (χ0) is 4.99. The molecule has 0 spiro atoms. The molecule has 42 valence electrons. The van der Waals surface area contributed by atoms with Gasteiger partial charge in [-0.1, -0.05) is 0 Å². The molecule has 0 amide bonds. The van der Waals surface area contributed by atoms with Gasteiger partial charge in [-0.2, -0.15) is 0 Å². The minimum atomic E-state index is -0.486. The standard InChI is InChI=1S/CN.Fe.HNO2.H3N/c1-2;;2-1-3;/h;;(H,2,3);1H3/q;+1;;. The molecule has 0 saturated carbocycles. The van der Waals surface area contributed by atoms with Crippen LogP contribution in [0.25, 0.3) is 0 Å². The molecule has 0 unspecified atom stereocenters. The van der Waals surface area contributed by atoms with Crippen molar-refractivity contribution >= 4 is 0 Å². The number of rotatable bonds is 1. The zero-order valence-electron chi connectivity index (χ0n) is 3.31. The van der Waals surface area contributed by atoms with Gasteiger partial charge in [-0.15, -0.1) is 0 Å². The maximum absolute atomic E-state index is 9.29. The van der Waals surface area contributed by atoms with Gasteiger partial charge in [0.2, 0.25) is 0 Å². The molecule has 0 aliphatic heterocycles. The Hall–Kier alpha value is -0.631. The molecule has 0 aliphatic rings. The maximum atomic E-state index is 9.29. The van der Waals surface area contributed by atoms with E-state index in [0.29, 0.717) is 0 Å². The topological polar surface area (TPSA) is 99.1 Å². The first-order valence-electron chi connectivity index (χ1n) is 0.941. The first kappa shape index (κ1) is 9.62. The Balaban J connectivity index is 0. The third-order valence-corrected chi connectivity index (χ3v) is 0.425. The van der Waals surface area contributed by atoms with E-state index in [1.165, 1.54) is 4.97 Å². The van der Waals surface area contributed by atoms with E-state index in [-0.39, 0.29) is 6.15 Å². The summed E-state index contributed by atoms with van der Waals surface area (Å²) in [4.78, 5) is 10.7. The second-order valence-corrected chi connectivity index (χ2v) is 1.29. The van der Waals surface area contributed by atoms with Crippen molar-refractivity contribution in [2.45, 2.75) is 0 Å². The van der Waals surface area contributed by atoms with E-state index in [4.69, 9.17) is 10.5 Å². The molecule has 0 aromatic heterocycles. The van der Waals surface area contributed by atoms with Crippen LogP contribution in [0, 0.1) is 15.1 Å². The molecule has 0 saturated heterocycles. The Labute approximate surface area is 46.4 Å². The van der Waals surface area contributed by atoms with Crippen molar-refractivity contribution in [3.05, 3.63) is 4.91 Å². The third kappa shape index (κ3) is 10.9. The first-order chi connectivity index (χ1) is 2.77. The third-order valence-electron chi connectivity index (χ3n) is 0.103. The summed E-state index contributed by atoms with van der Waals surface area (Å²) in [6, 6.07) is 0. The number of nitrogens with zero attached hydrogens (tertiary/aromatic N) is 2. The Morgan fingerprint density at radius 1 is 1.86 bits per heavy atom. The van der Waals surface area contributed by atoms with Gasteiger partial charge in [0.05, 0.1) is 0 Å². The van der Waals surface area contributed by atoms with Gasteiger partial charge < -0.3 is 6.15 Å². The van der Waals surface area contributed by atoms with Gasteiger partial charge in [-0.05, 0) is 0 Å². The average Bonchev–Trinajstić information content (AvgIpc) is 1.35. The van der Waals surface area contributed by atoms with Gasteiger partial charge in [-0.25, -0.2) is 0 Å². The Bertz CT molecular complexity index is 95.6. The second-order valence-electron chi connectivity index (χ2n) is 0.375. The Kier molecular flexibility index (Phi) is 7.38. The van der Waals surface area contributed by atoms with Gasteiger partial charge in [0.15, 0.2) is 0 Å². The summed E-state index contributed by atoms with van der Waals surface area (Å²) in [7, 11) is 0. The van der Waals surface area contributed by atoms with E-state index < -0.39 is 19.1 Å². The monoisotopic (exact) mass is 146 g/mol. The van der Waals surface area contributed by atoms with Crippen molar-refractivity contribution in [3.8, 4) is 4.97 Å². The summed E-state index contributed by atoms with van der Waals surface area (Å²) < 4.78 is -0.431. The van der Waals surface area contributed by atoms with Crippen LogP contribution >= 0.6 is 0 Å². The van der Waals surface area contributed by atoms with Crippen LogP contribution in [0.15, 0.2) is 0 Å². The van der Waals surface area contributed by atoms with Crippen LogP contribution in [0.4, 0.5) is 0 Å². The van der Waals surface area contributed by atoms with Gasteiger partial charge in [0.1, 0.15) is 0 Å². The molecule has 0 atom stereocenters. The fraction of sp³-hybridized carbons (Fsp3) is 0. The molecule has 0 aliphatic carbocycles. The molecule has 7 heavy (non-hydrogen) atoms. The Morgan fingerprint density at radius 3 is 2.29 bits per heavy atom. The van der Waals surface area contributed by atoms with Crippen LogP contribution in [0.2, 0.25) is 0 Å². The predicted octanol–water partition coefficient (Wildman–Crippen LogP) is -0.205. The first-order valence-corrected chi connectivity index (χ1v) is 1.99. The van der Waals surface area contributed by atoms with Crippen LogP contribution in [-0.2, 0) is 15.2 Å². The summed E-state index contributed by atoms with van der Waals surface area (Å²) >= 11 is -0.486. The van der Waals surface area contributed by atoms with E-state index in [9.17, 15) is 4.91 Å². The number of hydrogen-bond acceptors (Lipinski definition) is 3. The van der Waals surface area contributed by atoms with Gasteiger partial charge >= 0.3 is 39.5 Å². The molecule has 4 N–H and O–H groups in total. The molecule has 0 bridgehead atoms. The SMILES string of the molecule is N.N#[C][Fe][N+](=O)O. The summed E-state index contributed by atoms with van der Waals surface area (Å²) in [5.41, 5.74) is 0. The molecule has 0 aromatic carbocycles. The minimum absolute atomic E-state index is 0. The van der Waals surface area contributed by atoms with Crippen LogP contribution in [-0.4, -0.2) is 9.15 Å². The van der Waals surface area contributed by atoms with E-state index in [0.717, 1.165) is 0 Å². The summed E-state index contributed by atoms with van der Waals surface area (Å²) in [6.45, 7) is 0. The van der Waals surface area contributed by atoms with Gasteiger partial charge in [0, 0.05) is 0 Å². The zero-order valence-corrected chi connectivity index (χ0v) is 4.41. The molecule has 0 heterocycles. The number of hydrogen-bond donors (Lipinski definition) is 2. The van der Waals surface area contributed by atoms with Crippen molar-refractivity contribution in [1.29, 1.82) is 5.26 Å². The molecular formula is CH4FeN3O2+. The van der Waals surface area contributed by atoms with Crippen LogP contribution in [0.5, 0.6) is 0 Å². The molecule has 5 nitrogen and oxygen atoms in total. The second kappa shape index (κ2) is 5.37. The summed E-state index contributed by atoms with van der Waals surface area (Å²) in [6.07, 6.45) is 0. The summed E-state index contributed by atoms with van der Waals surface area (Å²) in [5, 5.41) is 15.2. The number of nitriles is 1. The van der Waals surface area contributed by atoms with E-state index in [2.05, 4.69) is 0 Å². The molecular weight excluding hydrogens is 142 g/mol. The fourth-order valence-electron chi connectivity index (χ4n) is 0.0302. The molecule has 0 rings (SSSR count). The van der Waals surface area contributed by atoms with Crippen LogP contribution in [0.1, 0.15) is 0 Å². The van der Waals surface area contributed by atoms with Crippen molar-refractivity contribution in [2.75, 3.05) is 0 Å². The van der Waals surface area contributed by atoms with Crippen molar-refractivity contribution in [1.82, 2.24) is 6.15 Å². The van der Waals surface area contributed by atoms with Crippen LogP contribution in [0.3, 0.4) is 0 Å². The molecule has 0 radical (unpaired) electrons. The average molecular weight is 146 g/mol. The normalized spacial score (nSPS) is 6.14. The molecule has 0 fully saturated rings.